The zero-order chi connectivity index (χ0) is 17.5. The summed E-state index contributed by atoms with van der Waals surface area (Å²) in [7, 11) is 0. The Labute approximate surface area is 155 Å². The first-order valence-electron chi connectivity index (χ1n) is 9.59. The van der Waals surface area contributed by atoms with Crippen molar-refractivity contribution in [1.82, 2.24) is 0 Å². The quantitative estimate of drug-likeness (QED) is 0.654. The van der Waals surface area contributed by atoms with Crippen LogP contribution < -0.4 is 10.6 Å². The normalized spacial score (nSPS) is 21.3. The molecule has 0 saturated carbocycles. The lowest BCUT2D eigenvalue weighted by molar-refractivity contribution is 0.571. The molecular formula is C24H24N2. The molecule has 5 rings (SSSR count). The monoisotopic (exact) mass is 340 g/mol. The maximum Gasteiger partial charge on any atom is 0.0445 e. The topological polar surface area (TPSA) is 29.3 Å². The van der Waals surface area contributed by atoms with Crippen molar-refractivity contribution in [3.63, 3.8) is 0 Å². The van der Waals surface area contributed by atoms with E-state index in [0.29, 0.717) is 11.8 Å². The maximum absolute atomic E-state index is 6.39. The Morgan fingerprint density at radius 1 is 0.692 bits per heavy atom. The van der Waals surface area contributed by atoms with Crippen LogP contribution in [-0.2, 0) is 0 Å². The number of nitrogens with zero attached hydrogens (tertiary/aromatic N) is 1. The summed E-state index contributed by atoms with van der Waals surface area (Å²) in [6.45, 7) is 2.26. The van der Waals surface area contributed by atoms with Crippen LogP contribution >= 0.6 is 0 Å². The Morgan fingerprint density at radius 3 is 1.62 bits per heavy atom. The molecule has 0 aliphatic carbocycles. The Hall–Kier alpha value is -2.74. The zero-order valence-electron chi connectivity index (χ0n) is 14.9. The first-order chi connectivity index (χ1) is 12.8. The van der Waals surface area contributed by atoms with Crippen molar-refractivity contribution in [2.45, 2.75) is 24.7 Å². The van der Waals surface area contributed by atoms with Gasteiger partial charge in [-0.25, -0.2) is 0 Å². The van der Waals surface area contributed by atoms with E-state index in [2.05, 4.69) is 77.7 Å². The van der Waals surface area contributed by atoms with E-state index >= 15 is 0 Å². The molecule has 0 unspecified atom stereocenters. The van der Waals surface area contributed by atoms with Gasteiger partial charge in [-0.15, -0.1) is 0 Å². The number of rotatable bonds is 2. The van der Waals surface area contributed by atoms with Crippen molar-refractivity contribution < 1.29 is 0 Å². The van der Waals surface area contributed by atoms with E-state index in [1.165, 1.54) is 27.9 Å². The SMILES string of the molecule is Nc1cc2c3c(c1)[C@H](c1ccccc1)CCN3CC[C@@H]2c1ccccc1. The lowest BCUT2D eigenvalue weighted by atomic mass is 9.76. The van der Waals surface area contributed by atoms with Gasteiger partial charge in [0, 0.05) is 36.3 Å². The van der Waals surface area contributed by atoms with Gasteiger partial charge in [0.05, 0.1) is 0 Å². The van der Waals surface area contributed by atoms with Crippen LogP contribution in [0, 0.1) is 0 Å². The van der Waals surface area contributed by atoms with Gasteiger partial charge < -0.3 is 10.6 Å². The summed E-state index contributed by atoms with van der Waals surface area (Å²) in [5, 5.41) is 0. The summed E-state index contributed by atoms with van der Waals surface area (Å²) in [4.78, 5) is 2.59. The van der Waals surface area contributed by atoms with Crippen LogP contribution in [0.5, 0.6) is 0 Å². The minimum Gasteiger partial charge on any atom is -0.399 e. The van der Waals surface area contributed by atoms with Gasteiger partial charge in [0.15, 0.2) is 0 Å². The fourth-order valence-corrected chi connectivity index (χ4v) is 4.88. The van der Waals surface area contributed by atoms with Crippen molar-refractivity contribution in [3.05, 3.63) is 95.1 Å². The lowest BCUT2D eigenvalue weighted by Gasteiger charge is -2.43. The molecule has 0 saturated heterocycles. The molecular weight excluding hydrogens is 316 g/mol. The second-order valence-electron chi connectivity index (χ2n) is 7.54. The van der Waals surface area contributed by atoms with Crippen molar-refractivity contribution in [3.8, 4) is 0 Å². The van der Waals surface area contributed by atoms with E-state index in [1.54, 1.807) is 0 Å². The van der Waals surface area contributed by atoms with Gasteiger partial charge in [-0.2, -0.15) is 0 Å². The molecule has 0 fully saturated rings. The smallest absolute Gasteiger partial charge is 0.0445 e. The molecule has 2 nitrogen and oxygen atoms in total. The zero-order valence-corrected chi connectivity index (χ0v) is 14.9. The molecule has 2 aliphatic heterocycles. The molecule has 2 heteroatoms. The van der Waals surface area contributed by atoms with Gasteiger partial charge in [0.1, 0.15) is 0 Å². The molecule has 0 amide bonds. The van der Waals surface area contributed by atoms with Crippen LogP contribution in [-0.4, -0.2) is 13.1 Å². The minimum atomic E-state index is 0.444. The highest BCUT2D eigenvalue weighted by Gasteiger charge is 2.34. The highest BCUT2D eigenvalue weighted by Crippen LogP contribution is 2.49. The number of nitrogens with two attached hydrogens (primary N) is 1. The molecule has 26 heavy (non-hydrogen) atoms. The average molecular weight is 340 g/mol. The Morgan fingerprint density at radius 2 is 1.15 bits per heavy atom. The molecule has 3 aromatic rings. The first-order valence-corrected chi connectivity index (χ1v) is 9.59. The standard InChI is InChI=1S/C24H24N2/c25-19-15-22-20(17-7-3-1-4-8-17)11-13-26-14-12-21(23(16-19)24(22)26)18-9-5-2-6-10-18/h1-10,15-16,20-21H,11-14,25H2/t20-,21+. The molecule has 130 valence electrons. The highest BCUT2D eigenvalue weighted by molar-refractivity contribution is 5.72. The number of benzene rings is 3. The average Bonchev–Trinajstić information content (AvgIpc) is 2.69. The predicted molar refractivity (Wildman–Crippen MR) is 109 cm³/mol. The van der Waals surface area contributed by atoms with Gasteiger partial charge in [-0.05, 0) is 47.2 Å². The third-order valence-electron chi connectivity index (χ3n) is 6.04. The van der Waals surface area contributed by atoms with Gasteiger partial charge in [-0.3, -0.25) is 0 Å². The minimum absolute atomic E-state index is 0.444. The third kappa shape index (κ3) is 2.48. The van der Waals surface area contributed by atoms with Crippen LogP contribution in [0.1, 0.15) is 46.9 Å². The molecule has 0 radical (unpaired) electrons. The molecule has 2 aliphatic rings. The van der Waals surface area contributed by atoms with E-state index in [-0.39, 0.29) is 0 Å². The molecule has 2 N–H and O–H groups in total. The van der Waals surface area contributed by atoms with Gasteiger partial charge in [0.2, 0.25) is 0 Å². The number of hydrogen-bond donors (Lipinski definition) is 1. The van der Waals surface area contributed by atoms with Gasteiger partial charge in [-0.1, -0.05) is 60.7 Å². The molecule has 3 aromatic carbocycles. The molecule has 0 spiro atoms. The summed E-state index contributed by atoms with van der Waals surface area (Å²) >= 11 is 0. The van der Waals surface area contributed by atoms with Crippen LogP contribution in [0.3, 0.4) is 0 Å². The lowest BCUT2D eigenvalue weighted by Crippen LogP contribution is -2.37. The Balaban J connectivity index is 1.68. The summed E-state index contributed by atoms with van der Waals surface area (Å²) in [6.07, 6.45) is 2.33. The number of hydrogen-bond acceptors (Lipinski definition) is 2. The van der Waals surface area contributed by atoms with Crippen molar-refractivity contribution in [1.29, 1.82) is 0 Å². The van der Waals surface area contributed by atoms with Crippen molar-refractivity contribution in [2.24, 2.45) is 0 Å². The largest absolute Gasteiger partial charge is 0.399 e. The molecule has 0 aromatic heterocycles. The predicted octanol–water partition coefficient (Wildman–Crippen LogP) is 5.15. The van der Waals surface area contributed by atoms with Crippen molar-refractivity contribution in [2.75, 3.05) is 23.7 Å². The fourth-order valence-electron chi connectivity index (χ4n) is 4.88. The van der Waals surface area contributed by atoms with E-state index < -0.39 is 0 Å². The van der Waals surface area contributed by atoms with Crippen LogP contribution in [0.2, 0.25) is 0 Å². The second kappa shape index (κ2) is 6.21. The van der Waals surface area contributed by atoms with E-state index in [1.807, 2.05) is 0 Å². The van der Waals surface area contributed by atoms with Gasteiger partial charge in [0.25, 0.3) is 0 Å². The highest BCUT2D eigenvalue weighted by atomic mass is 15.1. The molecule has 2 atom stereocenters. The summed E-state index contributed by atoms with van der Waals surface area (Å²) in [5.74, 6) is 0.887. The summed E-state index contributed by atoms with van der Waals surface area (Å²) in [6, 6.07) is 26.2. The first kappa shape index (κ1) is 15.5. The van der Waals surface area contributed by atoms with Crippen LogP contribution in [0.4, 0.5) is 11.4 Å². The Kier molecular flexibility index (Phi) is 3.70. The third-order valence-corrected chi connectivity index (χ3v) is 6.04. The van der Waals surface area contributed by atoms with Crippen molar-refractivity contribution >= 4 is 11.4 Å². The summed E-state index contributed by atoms with van der Waals surface area (Å²) < 4.78 is 0. The fraction of sp³-hybridized carbons (Fsp3) is 0.250. The summed E-state index contributed by atoms with van der Waals surface area (Å²) in [5.41, 5.74) is 14.4. The molecule has 2 heterocycles. The molecule has 0 bridgehead atoms. The number of nitrogen functional groups attached to an aromatic ring is 1. The van der Waals surface area contributed by atoms with E-state index in [9.17, 15) is 0 Å². The van der Waals surface area contributed by atoms with E-state index in [0.717, 1.165) is 31.6 Å². The Bertz CT molecular complexity index is 845. The second-order valence-corrected chi connectivity index (χ2v) is 7.54. The van der Waals surface area contributed by atoms with E-state index in [4.69, 9.17) is 5.73 Å². The number of anilines is 2. The van der Waals surface area contributed by atoms with Gasteiger partial charge >= 0.3 is 0 Å². The van der Waals surface area contributed by atoms with Crippen LogP contribution in [0.15, 0.2) is 72.8 Å². The maximum atomic E-state index is 6.39. The van der Waals surface area contributed by atoms with Crippen LogP contribution in [0.25, 0.3) is 0 Å².